The molecule has 8 nitrogen and oxygen atoms in total. The van der Waals surface area contributed by atoms with Gasteiger partial charge in [0, 0.05) is 36.3 Å². The van der Waals surface area contributed by atoms with Crippen molar-refractivity contribution >= 4 is 16.9 Å². The molecule has 5 rings (SSSR count). The molecule has 9 heteroatoms. The van der Waals surface area contributed by atoms with Gasteiger partial charge in [-0.3, -0.25) is 9.88 Å². The van der Waals surface area contributed by atoms with Gasteiger partial charge in [-0.15, -0.1) is 0 Å². The number of nitrogens with zero attached hydrogens (tertiary/aromatic N) is 3. The Balaban J connectivity index is 1.31. The number of ether oxygens (including phenoxy) is 2. The summed E-state index contributed by atoms with van der Waals surface area (Å²) < 4.78 is 24.7. The van der Waals surface area contributed by atoms with Gasteiger partial charge in [0.2, 0.25) is 0 Å². The number of rotatable bonds is 7. The number of alkyl halides is 1. The molecule has 3 heterocycles. The topological polar surface area (TPSA) is 99.5 Å². The van der Waals surface area contributed by atoms with E-state index < -0.39 is 6.67 Å². The van der Waals surface area contributed by atoms with Crippen LogP contribution in [0.5, 0.6) is 11.5 Å². The van der Waals surface area contributed by atoms with E-state index in [9.17, 15) is 14.4 Å². The largest absolute Gasteiger partial charge is 0.492 e. The Morgan fingerprint density at radius 2 is 2.14 bits per heavy atom. The second kappa shape index (κ2) is 10.8. The Morgan fingerprint density at radius 1 is 1.28 bits per heavy atom. The number of nitrogens with one attached hydrogen (secondary N) is 2. The summed E-state index contributed by atoms with van der Waals surface area (Å²) in [5, 5.41) is 16.4. The lowest BCUT2D eigenvalue weighted by atomic mass is 9.96. The van der Waals surface area contributed by atoms with Crippen molar-refractivity contribution in [1.29, 1.82) is 5.26 Å². The molecule has 0 bridgehead atoms. The number of carbonyl (C=O) groups excluding carboxylic acids is 1. The van der Waals surface area contributed by atoms with E-state index in [1.807, 2.05) is 24.3 Å². The molecule has 1 aromatic heterocycles. The zero-order valence-corrected chi connectivity index (χ0v) is 19.8. The van der Waals surface area contributed by atoms with Crippen molar-refractivity contribution in [3.8, 4) is 17.6 Å². The smallest absolute Gasteiger partial charge is 0.322 e. The Morgan fingerprint density at radius 3 is 2.94 bits per heavy atom. The first kappa shape index (κ1) is 23.8. The van der Waals surface area contributed by atoms with Gasteiger partial charge in [-0.05, 0) is 56.1 Å². The number of urea groups is 1. The predicted molar refractivity (Wildman–Crippen MR) is 133 cm³/mol. The number of piperidine rings is 1. The number of benzene rings is 1. The van der Waals surface area contributed by atoms with Crippen molar-refractivity contribution < 1.29 is 18.7 Å². The van der Waals surface area contributed by atoms with Gasteiger partial charge in [0.15, 0.2) is 0 Å². The molecular formula is C27H28FN5O3. The zero-order chi connectivity index (χ0) is 24.9. The molecule has 1 fully saturated rings. The van der Waals surface area contributed by atoms with Crippen LogP contribution in [-0.2, 0) is 0 Å². The summed E-state index contributed by atoms with van der Waals surface area (Å²) in [6.45, 7) is 1.94. The number of allylic oxidation sites excluding steroid dienone is 1. The summed E-state index contributed by atoms with van der Waals surface area (Å²) in [4.78, 5) is 18.3. The van der Waals surface area contributed by atoms with Gasteiger partial charge in [0.25, 0.3) is 0 Å². The summed E-state index contributed by atoms with van der Waals surface area (Å²) in [6, 6.07) is 7.05. The molecule has 186 valence electrons. The number of hydrogen-bond acceptors (Lipinski definition) is 6. The lowest BCUT2D eigenvalue weighted by Crippen LogP contribution is -2.43. The van der Waals surface area contributed by atoms with Gasteiger partial charge in [0.05, 0.1) is 23.7 Å². The first-order valence-electron chi connectivity index (χ1n) is 12.2. The molecule has 1 saturated heterocycles. The minimum absolute atomic E-state index is 0.0148. The highest BCUT2D eigenvalue weighted by atomic mass is 19.1. The molecule has 0 saturated carbocycles. The number of hydrogen-bond donors (Lipinski definition) is 2. The summed E-state index contributed by atoms with van der Waals surface area (Å²) in [6.07, 6.45) is 13.1. The molecule has 0 radical (unpaired) electrons. The van der Waals surface area contributed by atoms with Crippen LogP contribution in [0.2, 0.25) is 0 Å². The Kier molecular flexibility index (Phi) is 7.14. The number of amides is 2. The number of pyridine rings is 1. The summed E-state index contributed by atoms with van der Waals surface area (Å²) in [5.74, 6) is 2.16. The maximum Gasteiger partial charge on any atom is 0.322 e. The SMILES string of the molecule is N#Cc1cc2c(OC3=CC4C=CN(C(=O)NCCF)C4C=C3)ccnc2cc1OCC1CCNCC1. The van der Waals surface area contributed by atoms with Crippen molar-refractivity contribution in [2.75, 3.05) is 32.9 Å². The highest BCUT2D eigenvalue weighted by Gasteiger charge is 2.32. The Hall–Kier alpha value is -3.90. The van der Waals surface area contributed by atoms with E-state index in [-0.39, 0.29) is 24.5 Å². The van der Waals surface area contributed by atoms with E-state index in [2.05, 4.69) is 21.7 Å². The van der Waals surface area contributed by atoms with E-state index in [0.717, 1.165) is 25.9 Å². The number of nitriles is 1. The second-order valence-electron chi connectivity index (χ2n) is 9.06. The van der Waals surface area contributed by atoms with E-state index in [1.54, 1.807) is 35.5 Å². The molecule has 1 aromatic carbocycles. The summed E-state index contributed by atoms with van der Waals surface area (Å²) in [7, 11) is 0. The Labute approximate surface area is 209 Å². The molecule has 2 aromatic rings. The Bertz CT molecular complexity index is 1260. The quantitative estimate of drug-likeness (QED) is 0.614. The van der Waals surface area contributed by atoms with Gasteiger partial charge in [-0.1, -0.05) is 12.2 Å². The van der Waals surface area contributed by atoms with Crippen LogP contribution in [0.4, 0.5) is 9.18 Å². The van der Waals surface area contributed by atoms with Gasteiger partial charge < -0.3 is 20.1 Å². The first-order chi connectivity index (χ1) is 17.7. The number of halogens is 1. The van der Waals surface area contributed by atoms with Crippen LogP contribution in [0, 0.1) is 23.2 Å². The lowest BCUT2D eigenvalue weighted by molar-refractivity contribution is 0.206. The number of carbonyl (C=O) groups is 1. The molecule has 0 spiro atoms. The van der Waals surface area contributed by atoms with Crippen molar-refractivity contribution in [3.05, 3.63) is 66.2 Å². The molecule has 2 N–H and O–H groups in total. The highest BCUT2D eigenvalue weighted by Crippen LogP contribution is 2.34. The molecule has 3 aliphatic rings. The third kappa shape index (κ3) is 5.04. The summed E-state index contributed by atoms with van der Waals surface area (Å²) >= 11 is 0. The van der Waals surface area contributed by atoms with Crippen molar-refractivity contribution in [1.82, 2.24) is 20.5 Å². The normalized spacial score (nSPS) is 21.1. The van der Waals surface area contributed by atoms with Crippen molar-refractivity contribution in [2.24, 2.45) is 11.8 Å². The molecule has 2 amide bonds. The fourth-order valence-electron chi connectivity index (χ4n) is 4.75. The average molecular weight is 490 g/mol. The average Bonchev–Trinajstić information content (AvgIpc) is 3.34. The van der Waals surface area contributed by atoms with Gasteiger partial charge >= 0.3 is 6.03 Å². The third-order valence-corrected chi connectivity index (χ3v) is 6.69. The zero-order valence-electron chi connectivity index (χ0n) is 19.8. The molecular weight excluding hydrogens is 461 g/mol. The van der Waals surface area contributed by atoms with Crippen LogP contribution in [0.1, 0.15) is 18.4 Å². The van der Waals surface area contributed by atoms with Gasteiger partial charge in [-0.25, -0.2) is 9.18 Å². The van der Waals surface area contributed by atoms with Crippen molar-refractivity contribution in [2.45, 2.75) is 18.9 Å². The fraction of sp³-hybridized carbons (Fsp3) is 0.370. The minimum atomic E-state index is -0.607. The predicted octanol–water partition coefficient (Wildman–Crippen LogP) is 3.81. The van der Waals surface area contributed by atoms with Crippen molar-refractivity contribution in [3.63, 3.8) is 0 Å². The fourth-order valence-corrected chi connectivity index (χ4v) is 4.75. The van der Waals surface area contributed by atoms with Crippen LogP contribution in [0.3, 0.4) is 0 Å². The van der Waals surface area contributed by atoms with E-state index in [1.165, 1.54) is 0 Å². The molecule has 2 unspecified atom stereocenters. The maximum atomic E-state index is 12.4. The maximum absolute atomic E-state index is 12.4. The molecule has 2 aliphatic heterocycles. The van der Waals surface area contributed by atoms with E-state index in [4.69, 9.17) is 9.47 Å². The monoisotopic (exact) mass is 489 g/mol. The minimum Gasteiger partial charge on any atom is -0.492 e. The van der Waals surface area contributed by atoms with Crippen LogP contribution in [0.25, 0.3) is 10.9 Å². The van der Waals surface area contributed by atoms with Gasteiger partial charge in [0.1, 0.15) is 30.0 Å². The second-order valence-corrected chi connectivity index (χ2v) is 9.06. The third-order valence-electron chi connectivity index (χ3n) is 6.69. The number of fused-ring (bicyclic) bond motifs is 2. The summed E-state index contributed by atoms with van der Waals surface area (Å²) in [5.41, 5.74) is 1.12. The van der Waals surface area contributed by atoms with Gasteiger partial charge in [-0.2, -0.15) is 5.26 Å². The number of aromatic nitrogens is 1. The highest BCUT2D eigenvalue weighted by molar-refractivity contribution is 5.88. The van der Waals surface area contributed by atoms with Crippen LogP contribution >= 0.6 is 0 Å². The first-order valence-corrected chi connectivity index (χ1v) is 12.2. The molecule has 1 aliphatic carbocycles. The molecule has 2 atom stereocenters. The van der Waals surface area contributed by atoms with Crippen LogP contribution in [-0.4, -0.2) is 54.9 Å². The van der Waals surface area contributed by atoms with Crippen LogP contribution < -0.4 is 20.1 Å². The lowest BCUT2D eigenvalue weighted by Gasteiger charge is -2.27. The van der Waals surface area contributed by atoms with Crippen LogP contribution in [0.15, 0.2) is 60.7 Å². The standard InChI is InChI=1S/C27H28FN5O3/c28-7-11-32-27(34)33-12-6-19-13-21(1-2-24(19)33)36-25-5-10-31-23-15-26(20(16-29)14-22(23)25)35-17-18-3-8-30-9-4-18/h1-2,5-6,10,12-15,18-19,24,30H,3-4,7-9,11,17H2,(H,32,34). The van der Waals surface area contributed by atoms with E-state index in [0.29, 0.717) is 46.2 Å². The molecule has 36 heavy (non-hydrogen) atoms. The van der Waals surface area contributed by atoms with E-state index >= 15 is 0 Å².